The highest BCUT2D eigenvalue weighted by Crippen LogP contribution is 2.72. The number of rotatable bonds is 12. The van der Waals surface area contributed by atoms with Crippen molar-refractivity contribution < 1.29 is 49.0 Å². The van der Waals surface area contributed by atoms with E-state index in [9.17, 15) is 34.8 Å². The Morgan fingerprint density at radius 2 is 1.71 bits per heavy atom. The highest BCUT2D eigenvalue weighted by Gasteiger charge is 2.71. The standard InChI is InChI=1S/C41H64O10/c1-12-24(6)34(45)37(47)51-31-19-30(38(7,8)48)39(9,16-15-32(42)43)35-28(50-36(46)33(44)23(4)5)20-40(10)27(13-14-29(40)41(31,35)11)25-18-26(49-21-25)17-22(2)3/h12,14,17,23,25-28,30-31,33-35,44-45,48H,13,15-16,18-21H2,1-11H3,(H,42,43)/b24-12+/t25-,26-,27+,28-,30+,31-,33-,34-,35-,39+,40+,41-/m1/s1. The van der Waals surface area contributed by atoms with Crippen LogP contribution in [-0.4, -0.2) is 81.1 Å². The number of aliphatic hydroxyl groups is 3. The average molecular weight is 717 g/mol. The van der Waals surface area contributed by atoms with Gasteiger partial charge in [0.15, 0.2) is 12.2 Å². The van der Waals surface area contributed by atoms with Gasteiger partial charge >= 0.3 is 17.9 Å². The lowest BCUT2D eigenvalue weighted by Crippen LogP contribution is -2.68. The number of carboxylic acids is 1. The third kappa shape index (κ3) is 7.76. The topological polar surface area (TPSA) is 160 Å². The zero-order chi connectivity index (χ0) is 38.4. The molecule has 3 fully saturated rings. The Hall–Kier alpha value is -2.53. The number of hydrogen-bond acceptors (Lipinski definition) is 9. The van der Waals surface area contributed by atoms with Crippen LogP contribution in [0.5, 0.6) is 0 Å². The first kappa shape index (κ1) is 41.2. The lowest BCUT2D eigenvalue weighted by Gasteiger charge is -2.67. The number of aliphatic carboxylic acids is 1. The highest BCUT2D eigenvalue weighted by atomic mass is 16.6. The van der Waals surface area contributed by atoms with Gasteiger partial charge in [0.1, 0.15) is 12.2 Å². The third-order valence-corrected chi connectivity index (χ3v) is 13.2. The second-order valence-electron chi connectivity index (χ2n) is 17.8. The Balaban J connectivity index is 1.95. The molecule has 3 aliphatic carbocycles. The van der Waals surface area contributed by atoms with Crippen LogP contribution in [0.1, 0.15) is 115 Å². The summed E-state index contributed by atoms with van der Waals surface area (Å²) in [7, 11) is 0. The van der Waals surface area contributed by atoms with Crippen LogP contribution in [0.15, 0.2) is 34.9 Å². The van der Waals surface area contributed by atoms with E-state index in [0.29, 0.717) is 18.6 Å². The van der Waals surface area contributed by atoms with Gasteiger partial charge in [-0.05, 0) is 114 Å². The van der Waals surface area contributed by atoms with Crippen molar-refractivity contribution in [1.82, 2.24) is 0 Å². The first-order valence-corrected chi connectivity index (χ1v) is 18.8. The van der Waals surface area contributed by atoms with Crippen LogP contribution in [0.25, 0.3) is 0 Å². The molecule has 4 rings (SSSR count). The summed E-state index contributed by atoms with van der Waals surface area (Å²) in [6.07, 6.45) is 3.70. The van der Waals surface area contributed by atoms with E-state index in [0.717, 1.165) is 18.4 Å². The van der Waals surface area contributed by atoms with E-state index in [1.807, 2.05) is 13.8 Å². The van der Waals surface area contributed by atoms with Crippen molar-refractivity contribution in [3.8, 4) is 0 Å². The van der Waals surface area contributed by atoms with Gasteiger partial charge in [-0.3, -0.25) is 4.79 Å². The predicted octanol–water partition coefficient (Wildman–Crippen LogP) is 6.17. The number of esters is 2. The summed E-state index contributed by atoms with van der Waals surface area (Å²) in [4.78, 5) is 39.7. The van der Waals surface area contributed by atoms with E-state index in [4.69, 9.17) is 14.2 Å². The molecule has 0 radical (unpaired) electrons. The zero-order valence-electron chi connectivity index (χ0n) is 32.7. The molecule has 0 aromatic rings. The van der Waals surface area contributed by atoms with E-state index in [-0.39, 0.29) is 37.2 Å². The molecule has 4 aliphatic rings. The molecule has 288 valence electrons. The smallest absolute Gasteiger partial charge is 0.339 e. The fourth-order valence-corrected chi connectivity index (χ4v) is 10.8. The Morgan fingerprint density at radius 1 is 1.06 bits per heavy atom. The van der Waals surface area contributed by atoms with Gasteiger partial charge in [0.05, 0.1) is 18.3 Å². The number of carbonyl (C=O) groups excluding carboxylic acids is 2. The maximum Gasteiger partial charge on any atom is 0.339 e. The lowest BCUT2D eigenvalue weighted by atomic mass is 9.39. The monoisotopic (exact) mass is 716 g/mol. The maximum atomic E-state index is 13.7. The van der Waals surface area contributed by atoms with E-state index < -0.39 is 81.9 Å². The van der Waals surface area contributed by atoms with Gasteiger partial charge in [0.2, 0.25) is 0 Å². The molecule has 2 saturated carbocycles. The van der Waals surface area contributed by atoms with E-state index in [1.165, 1.54) is 5.57 Å². The molecule has 4 N–H and O–H groups in total. The molecule has 1 saturated heterocycles. The van der Waals surface area contributed by atoms with Gasteiger partial charge in [-0.15, -0.1) is 0 Å². The van der Waals surface area contributed by atoms with Crippen molar-refractivity contribution >= 4 is 17.9 Å². The molecular formula is C41H64O10. The molecule has 1 heterocycles. The van der Waals surface area contributed by atoms with Crippen molar-refractivity contribution in [2.45, 2.75) is 151 Å². The largest absolute Gasteiger partial charge is 0.481 e. The Labute approximate surface area is 304 Å². The van der Waals surface area contributed by atoms with E-state index in [1.54, 1.807) is 47.6 Å². The van der Waals surface area contributed by atoms with Gasteiger partial charge < -0.3 is 34.6 Å². The van der Waals surface area contributed by atoms with Gasteiger partial charge in [-0.25, -0.2) is 9.59 Å². The van der Waals surface area contributed by atoms with Crippen molar-refractivity contribution in [1.29, 1.82) is 0 Å². The Bertz CT molecular complexity index is 1420. The molecule has 1 aliphatic heterocycles. The molecule has 0 spiro atoms. The van der Waals surface area contributed by atoms with Gasteiger partial charge in [-0.1, -0.05) is 64.0 Å². The van der Waals surface area contributed by atoms with Gasteiger partial charge in [0, 0.05) is 17.8 Å². The summed E-state index contributed by atoms with van der Waals surface area (Å²) >= 11 is 0. The molecule has 0 aromatic heterocycles. The maximum absolute atomic E-state index is 13.7. The van der Waals surface area contributed by atoms with Crippen LogP contribution in [0, 0.1) is 45.8 Å². The number of fused-ring (bicyclic) bond motifs is 3. The van der Waals surface area contributed by atoms with Crippen molar-refractivity contribution in [3.63, 3.8) is 0 Å². The van der Waals surface area contributed by atoms with Crippen molar-refractivity contribution in [2.24, 2.45) is 45.8 Å². The molecule has 10 heteroatoms. The highest BCUT2D eigenvalue weighted by molar-refractivity contribution is 5.78. The van der Waals surface area contributed by atoms with Crippen LogP contribution in [-0.2, 0) is 28.6 Å². The molecular weight excluding hydrogens is 652 g/mol. The average Bonchev–Trinajstić information content (AvgIpc) is 3.62. The minimum Gasteiger partial charge on any atom is -0.481 e. The number of aliphatic hydroxyl groups excluding tert-OH is 2. The second-order valence-corrected chi connectivity index (χ2v) is 17.8. The second kappa shape index (κ2) is 15.1. The number of allylic oxidation sites excluding steroid dienone is 3. The zero-order valence-corrected chi connectivity index (χ0v) is 32.7. The molecule has 0 amide bonds. The summed E-state index contributed by atoms with van der Waals surface area (Å²) in [5.41, 5.74) is -1.11. The third-order valence-electron chi connectivity index (χ3n) is 13.2. The van der Waals surface area contributed by atoms with Crippen molar-refractivity contribution in [3.05, 3.63) is 34.9 Å². The van der Waals surface area contributed by atoms with Gasteiger partial charge in [-0.2, -0.15) is 0 Å². The fourth-order valence-electron chi connectivity index (χ4n) is 10.8. The molecule has 0 unspecified atom stereocenters. The lowest BCUT2D eigenvalue weighted by molar-refractivity contribution is -0.241. The Morgan fingerprint density at radius 3 is 2.25 bits per heavy atom. The van der Waals surface area contributed by atoms with Crippen LogP contribution < -0.4 is 0 Å². The molecule has 0 bridgehead atoms. The summed E-state index contributed by atoms with van der Waals surface area (Å²) < 4.78 is 19.1. The van der Waals surface area contributed by atoms with E-state index >= 15 is 0 Å². The van der Waals surface area contributed by atoms with Gasteiger partial charge in [0.25, 0.3) is 0 Å². The minimum absolute atomic E-state index is 0.000903. The van der Waals surface area contributed by atoms with Crippen LogP contribution >= 0.6 is 0 Å². The minimum atomic E-state index is -1.49. The number of carbonyl (C=O) groups is 3. The fraction of sp³-hybridized carbons (Fsp3) is 0.780. The van der Waals surface area contributed by atoms with Crippen molar-refractivity contribution in [2.75, 3.05) is 6.61 Å². The number of hydrogen-bond donors (Lipinski definition) is 4. The summed E-state index contributed by atoms with van der Waals surface area (Å²) in [6.45, 7) is 21.1. The van der Waals surface area contributed by atoms with E-state index in [2.05, 4.69) is 32.9 Å². The normalized spacial score (nSPS) is 37.9. The predicted molar refractivity (Wildman–Crippen MR) is 193 cm³/mol. The number of carboxylic acid groups (broad SMARTS) is 1. The van der Waals surface area contributed by atoms with Crippen LogP contribution in [0.2, 0.25) is 0 Å². The summed E-state index contributed by atoms with van der Waals surface area (Å²) in [5, 5.41) is 43.7. The molecule has 0 aromatic carbocycles. The summed E-state index contributed by atoms with van der Waals surface area (Å²) in [5.74, 6) is -3.84. The quantitative estimate of drug-likeness (QED) is 0.136. The van der Waals surface area contributed by atoms with Crippen LogP contribution in [0.4, 0.5) is 0 Å². The first-order chi connectivity index (χ1) is 23.5. The SMILES string of the molecule is C/C=C(\C)[C@@H](O)C(=O)O[C@@H]1C[C@@H](C(C)(C)O)[C@](C)(CCC(=O)O)[C@H]2[C@H](OC(=O)[C@H](O)C(C)C)C[C@]3(C)C(=CC[C@H]3[C@H]3CO[C@H](C=C(C)C)C3)[C@@]21C. The molecule has 12 atom stereocenters. The Kier molecular flexibility index (Phi) is 12.2. The molecule has 10 nitrogen and oxygen atoms in total. The number of ether oxygens (including phenoxy) is 3. The first-order valence-electron chi connectivity index (χ1n) is 18.8. The van der Waals surface area contributed by atoms with Crippen LogP contribution in [0.3, 0.4) is 0 Å². The summed E-state index contributed by atoms with van der Waals surface area (Å²) in [6, 6.07) is 0. The molecule has 51 heavy (non-hydrogen) atoms.